The van der Waals surface area contributed by atoms with Gasteiger partial charge in [-0.15, -0.1) is 0 Å². The van der Waals surface area contributed by atoms with Crippen molar-refractivity contribution in [3.8, 4) is 0 Å². The van der Waals surface area contributed by atoms with Gasteiger partial charge in [-0.25, -0.2) is 5.10 Å². The molecule has 1 aromatic rings. The fraction of sp³-hybridized carbons (Fsp3) is 0. The molecule has 6 heavy (non-hydrogen) atoms. The Balaban J connectivity index is 3.00. The predicted octanol–water partition coefficient (Wildman–Crippen LogP) is -0.0996. The third kappa shape index (κ3) is 0.406. The molecule has 0 aliphatic rings. The van der Waals surface area contributed by atoms with E-state index in [-0.39, 0.29) is 0 Å². The summed E-state index contributed by atoms with van der Waals surface area (Å²) in [5.74, 6) is 0. The highest BCUT2D eigenvalue weighted by atomic mass is 15.1. The molecule has 0 aliphatic carbocycles. The normalized spacial score (nSPS) is 6.67. The van der Waals surface area contributed by atoms with Gasteiger partial charge in [-0.05, 0) is 0 Å². The Morgan fingerprint density at radius 3 is 2.83 bits per heavy atom. The van der Waals surface area contributed by atoms with E-state index in [1.807, 2.05) is 0 Å². The first kappa shape index (κ1) is 3.04. The van der Waals surface area contributed by atoms with Crippen molar-refractivity contribution in [2.24, 2.45) is 0 Å². The molecule has 0 radical (unpaired) electrons. The lowest BCUT2D eigenvalue weighted by atomic mass is 10.9. The maximum atomic E-state index is 3.45. The average Bonchev–Trinajstić information content (AvgIpc) is 1.72. The van der Waals surface area contributed by atoms with Gasteiger partial charge in [-0.1, -0.05) is 5.10 Å². The van der Waals surface area contributed by atoms with Gasteiger partial charge in [-0.2, -0.15) is 0 Å². The summed E-state index contributed by atoms with van der Waals surface area (Å²) in [4.78, 5) is 3.45. The largest absolute Gasteiger partial charge is 0.595 e. The molecule has 0 fully saturated rings. The highest BCUT2D eigenvalue weighted by Gasteiger charge is 1.93. The number of aromatic amines is 2. The van der Waals surface area contributed by atoms with E-state index in [2.05, 4.69) is 27.7 Å². The first-order chi connectivity index (χ1) is 3.00. The number of H-pyrrole nitrogens is 2. The van der Waals surface area contributed by atoms with Gasteiger partial charge in [0.25, 0.3) is 4.98 Å². The van der Waals surface area contributed by atoms with Gasteiger partial charge in [0.2, 0.25) is 0 Å². The summed E-state index contributed by atoms with van der Waals surface area (Å²) in [6.07, 6.45) is 6.46. The van der Waals surface area contributed by atoms with Gasteiger partial charge < -0.3 is 0 Å². The first-order valence-corrected chi connectivity index (χ1v) is 1.52. The molecule has 0 saturated heterocycles. The van der Waals surface area contributed by atoms with E-state index in [1.54, 1.807) is 6.20 Å². The molecule has 0 saturated carbocycles. The van der Waals surface area contributed by atoms with Crippen LogP contribution in [0.2, 0.25) is 0 Å². The lowest BCUT2D eigenvalue weighted by Gasteiger charge is -1.48. The van der Waals surface area contributed by atoms with Gasteiger partial charge in [-0.3, -0.25) is 0 Å². The Morgan fingerprint density at radius 1 is 1.67 bits per heavy atom. The molecule has 1 heterocycles. The van der Waals surface area contributed by atoms with E-state index < -0.39 is 0 Å². The lowest BCUT2D eigenvalue weighted by Crippen LogP contribution is -1.77. The van der Waals surface area contributed by atoms with Crippen molar-refractivity contribution in [3.05, 3.63) is 18.7 Å². The van der Waals surface area contributed by atoms with E-state index in [0.717, 1.165) is 0 Å². The van der Waals surface area contributed by atoms with Crippen molar-refractivity contribution in [3.63, 3.8) is 0 Å². The third-order valence-corrected chi connectivity index (χ3v) is 0.385. The molecule has 1 aromatic heterocycles. The highest BCUT2D eigenvalue weighted by molar-refractivity contribution is 4.54. The molecule has 0 bridgehead atoms. The van der Waals surface area contributed by atoms with Crippen LogP contribution in [0.5, 0.6) is 0 Å². The van der Waals surface area contributed by atoms with Gasteiger partial charge in [0, 0.05) is 0 Å². The van der Waals surface area contributed by atoms with Crippen molar-refractivity contribution in [2.75, 3.05) is 0 Å². The third-order valence-electron chi connectivity index (χ3n) is 0.385. The minimum absolute atomic E-state index is 1.55. The van der Waals surface area contributed by atoms with Crippen LogP contribution in [0.15, 0.2) is 6.20 Å². The Bertz CT molecular complexity index is 78.0. The Morgan fingerprint density at radius 2 is 2.67 bits per heavy atom. The van der Waals surface area contributed by atoms with Gasteiger partial charge in [0.1, 0.15) is 0 Å². The molecule has 2 N–H and O–H groups in total. The molecule has 0 amide bonds. The summed E-state index contributed by atoms with van der Waals surface area (Å²) >= 11 is 0. The molecule has 28 valence electrons. The maximum Gasteiger partial charge on any atom is 0.595 e. The number of nitrogens with one attached hydrogen (secondary N) is 2. The summed E-state index contributed by atoms with van der Waals surface area (Å²) in [6.45, 7) is 0. The topological polar surface area (TPSA) is 44.5 Å². The van der Waals surface area contributed by atoms with Crippen molar-refractivity contribution in [1.82, 2.24) is 15.2 Å². The lowest BCUT2D eigenvalue weighted by molar-refractivity contribution is 0.952. The number of hydrogen-bond donors (Lipinski definition) is 2. The molecular weight excluding hydrogens is 78.1 g/mol. The standard InChI is InChI=1S/C3H3N3/c1-2-5-6-3-4-1/h2,5H,(H,4,6)/q+2. The zero-order valence-electron chi connectivity index (χ0n) is 3.02. The smallest absolute Gasteiger partial charge is 0.216 e. The fourth-order valence-corrected chi connectivity index (χ4v) is 0.193. The van der Waals surface area contributed by atoms with E-state index in [1.165, 1.54) is 0 Å². The minimum atomic E-state index is 1.55. The summed E-state index contributed by atoms with van der Waals surface area (Å²) < 4.78 is 0. The quantitative estimate of drug-likeness (QED) is 0.421. The molecule has 3 nitrogen and oxygen atoms in total. The summed E-state index contributed by atoms with van der Waals surface area (Å²) in [5, 5.41) is 5.09. The minimum Gasteiger partial charge on any atom is -0.216 e. The number of aromatic nitrogens is 3. The predicted molar refractivity (Wildman–Crippen MR) is 19.4 cm³/mol. The maximum absolute atomic E-state index is 3.45. The van der Waals surface area contributed by atoms with Crippen LogP contribution in [0.25, 0.3) is 0 Å². The second-order valence-corrected chi connectivity index (χ2v) is 0.766. The summed E-state index contributed by atoms with van der Waals surface area (Å²) in [7, 11) is 0. The van der Waals surface area contributed by atoms with Crippen LogP contribution in [-0.2, 0) is 0 Å². The second-order valence-electron chi connectivity index (χ2n) is 0.766. The first-order valence-electron chi connectivity index (χ1n) is 1.52. The average molecular weight is 81.1 g/mol. The highest BCUT2D eigenvalue weighted by Crippen LogP contribution is 1.56. The Hall–Kier alpha value is -1.17. The van der Waals surface area contributed by atoms with E-state index in [4.69, 9.17) is 0 Å². The zero-order chi connectivity index (χ0) is 4.24. The van der Waals surface area contributed by atoms with Crippen LogP contribution in [-0.4, -0.2) is 15.2 Å². The van der Waals surface area contributed by atoms with Crippen LogP contribution in [0, 0.1) is 12.5 Å². The van der Waals surface area contributed by atoms with Gasteiger partial charge in [0.05, 0.1) is 0 Å². The number of nitrogens with zero attached hydrogens (tertiary/aromatic N) is 1. The van der Waals surface area contributed by atoms with E-state index in [9.17, 15) is 0 Å². The Labute approximate surface area is 35.1 Å². The van der Waals surface area contributed by atoms with Crippen LogP contribution in [0.3, 0.4) is 0 Å². The molecule has 0 aromatic carbocycles. The zero-order valence-corrected chi connectivity index (χ0v) is 3.02. The molecule has 1 rings (SSSR count). The van der Waals surface area contributed by atoms with Crippen molar-refractivity contribution >= 4 is 0 Å². The van der Waals surface area contributed by atoms with E-state index in [0.29, 0.717) is 0 Å². The molecule has 0 atom stereocenters. The van der Waals surface area contributed by atoms with Crippen molar-refractivity contribution < 1.29 is 0 Å². The van der Waals surface area contributed by atoms with Gasteiger partial charge >= 0.3 is 18.7 Å². The van der Waals surface area contributed by atoms with Gasteiger partial charge in [0.15, 0.2) is 0 Å². The van der Waals surface area contributed by atoms with Crippen LogP contribution >= 0.6 is 0 Å². The fourth-order valence-electron chi connectivity index (χ4n) is 0.193. The second kappa shape index (κ2) is 1.31. The number of rotatable bonds is 0. The van der Waals surface area contributed by atoms with Crippen LogP contribution in [0.4, 0.5) is 0 Å². The molecule has 3 heteroatoms. The Kier molecular flexibility index (Phi) is 0.666. The SMILES string of the molecule is [c+]1c[nH][nH][c+]n1. The molecular formula is C3H3N3+2. The molecule has 0 unspecified atom stereocenters. The van der Waals surface area contributed by atoms with Crippen molar-refractivity contribution in [2.45, 2.75) is 0 Å². The monoisotopic (exact) mass is 81.0 g/mol. The number of hydrogen-bond acceptors (Lipinski definition) is 1. The van der Waals surface area contributed by atoms with Crippen LogP contribution in [0.1, 0.15) is 0 Å². The van der Waals surface area contributed by atoms with E-state index >= 15 is 0 Å². The molecule has 0 aliphatic heterocycles. The molecule has 0 spiro atoms. The summed E-state index contributed by atoms with van der Waals surface area (Å²) in [5.41, 5.74) is 0. The van der Waals surface area contributed by atoms with Crippen LogP contribution < -0.4 is 0 Å². The van der Waals surface area contributed by atoms with Crippen molar-refractivity contribution in [1.29, 1.82) is 0 Å². The summed E-state index contributed by atoms with van der Waals surface area (Å²) in [6, 6.07) is 0.